The van der Waals surface area contributed by atoms with Crippen LogP contribution >= 0.6 is 0 Å². The van der Waals surface area contributed by atoms with Crippen LogP contribution in [0.3, 0.4) is 0 Å². The first kappa shape index (κ1) is 26.2. The van der Waals surface area contributed by atoms with Gasteiger partial charge in [0.1, 0.15) is 5.92 Å². The van der Waals surface area contributed by atoms with Gasteiger partial charge in [0.15, 0.2) is 0 Å². The van der Waals surface area contributed by atoms with Gasteiger partial charge in [0.2, 0.25) is 10.0 Å². The number of ether oxygens (including phenoxy) is 2. The molecule has 9 heteroatoms. The zero-order valence-corrected chi connectivity index (χ0v) is 21.3. The van der Waals surface area contributed by atoms with E-state index in [0.29, 0.717) is 22.7 Å². The molecule has 0 saturated heterocycles. The Morgan fingerprint density at radius 1 is 0.971 bits per heavy atom. The maximum atomic E-state index is 13.1. The molecule has 0 aliphatic carbocycles. The van der Waals surface area contributed by atoms with Crippen LogP contribution in [-0.4, -0.2) is 45.5 Å². The highest BCUT2D eigenvalue weighted by atomic mass is 32.2. The van der Waals surface area contributed by atoms with E-state index >= 15 is 0 Å². The molecule has 2 atom stereocenters. The van der Waals surface area contributed by atoms with Crippen molar-refractivity contribution in [3.05, 3.63) is 65.4 Å². The van der Waals surface area contributed by atoms with E-state index in [9.17, 15) is 18.0 Å². The number of hydrogen-bond acceptors (Lipinski definition) is 7. The first-order chi connectivity index (χ1) is 16.6. The Hall–Kier alpha value is -3.46. The number of carbonyl (C=O) groups excluding carboxylic acids is 2. The molecule has 0 aromatic heterocycles. The Bertz CT molecular complexity index is 1280. The Kier molecular flexibility index (Phi) is 8.11. The lowest BCUT2D eigenvalue weighted by Crippen LogP contribution is -2.36. The molecule has 0 saturated carbocycles. The molecule has 0 amide bonds. The summed E-state index contributed by atoms with van der Waals surface area (Å²) in [5.41, 5.74) is 4.13. The van der Waals surface area contributed by atoms with Crippen molar-refractivity contribution in [3.63, 3.8) is 0 Å². The van der Waals surface area contributed by atoms with Crippen molar-refractivity contribution in [2.24, 2.45) is 10.9 Å². The van der Waals surface area contributed by atoms with Gasteiger partial charge in [0.25, 0.3) is 0 Å². The van der Waals surface area contributed by atoms with E-state index in [1.165, 1.54) is 0 Å². The van der Waals surface area contributed by atoms with E-state index < -0.39 is 33.8 Å². The summed E-state index contributed by atoms with van der Waals surface area (Å²) in [6.45, 7) is 7.33. The van der Waals surface area contributed by atoms with Gasteiger partial charge in [0, 0.05) is 23.0 Å². The molecule has 2 unspecified atom stereocenters. The zero-order chi connectivity index (χ0) is 25.8. The van der Waals surface area contributed by atoms with Gasteiger partial charge in [-0.1, -0.05) is 36.4 Å². The summed E-state index contributed by atoms with van der Waals surface area (Å²) in [6.07, 6.45) is 1.09. The molecule has 186 valence electrons. The molecule has 35 heavy (non-hydrogen) atoms. The number of carbonyl (C=O) groups is 2. The fourth-order valence-corrected chi connectivity index (χ4v) is 4.91. The third-order valence-corrected chi connectivity index (χ3v) is 6.27. The number of hydrogen-bond donors (Lipinski definition) is 1. The number of esters is 2. The lowest BCUT2D eigenvalue weighted by atomic mass is 9.73. The third-order valence-electron chi connectivity index (χ3n) is 5.66. The molecular weight excluding hydrogens is 468 g/mol. The predicted octanol–water partition coefficient (Wildman–Crippen LogP) is 4.30. The highest BCUT2D eigenvalue weighted by Crippen LogP contribution is 2.43. The van der Waals surface area contributed by atoms with Gasteiger partial charge >= 0.3 is 11.9 Å². The molecule has 2 aromatic carbocycles. The molecule has 1 aliphatic rings. The minimum atomic E-state index is -3.41. The van der Waals surface area contributed by atoms with Crippen LogP contribution < -0.4 is 4.72 Å². The number of benzene rings is 2. The Morgan fingerprint density at radius 2 is 1.60 bits per heavy atom. The molecule has 1 N–H and O–H groups in total. The number of anilines is 1. The average molecular weight is 499 g/mol. The minimum absolute atomic E-state index is 0.186. The molecule has 0 spiro atoms. The van der Waals surface area contributed by atoms with Crippen LogP contribution in [0.1, 0.15) is 39.2 Å². The van der Waals surface area contributed by atoms with Crippen molar-refractivity contribution >= 4 is 33.4 Å². The number of sulfonamides is 1. The fraction of sp³-hybridized carbons (Fsp3) is 0.346. The molecule has 8 nitrogen and oxygen atoms in total. The molecule has 1 aliphatic heterocycles. The molecule has 1 heterocycles. The molecule has 3 rings (SSSR count). The van der Waals surface area contributed by atoms with Gasteiger partial charge in [-0.05, 0) is 56.5 Å². The highest BCUT2D eigenvalue weighted by molar-refractivity contribution is 7.92. The average Bonchev–Trinajstić information content (AvgIpc) is 2.78. The van der Waals surface area contributed by atoms with Crippen LogP contribution in [0.25, 0.3) is 11.1 Å². The number of nitrogens with zero attached hydrogens (tertiary/aromatic N) is 1. The summed E-state index contributed by atoms with van der Waals surface area (Å²) >= 11 is 0. The maximum absolute atomic E-state index is 13.1. The van der Waals surface area contributed by atoms with Crippen molar-refractivity contribution < 1.29 is 27.5 Å². The normalized spacial score (nSPS) is 18.0. The topological polar surface area (TPSA) is 111 Å². The quantitative estimate of drug-likeness (QED) is 0.543. The first-order valence-corrected chi connectivity index (χ1v) is 13.2. The second kappa shape index (κ2) is 10.9. The summed E-state index contributed by atoms with van der Waals surface area (Å²) in [7, 11) is -3.41. The first-order valence-electron chi connectivity index (χ1n) is 11.3. The van der Waals surface area contributed by atoms with Crippen LogP contribution in [-0.2, 0) is 29.1 Å². The second-order valence-corrected chi connectivity index (χ2v) is 9.97. The maximum Gasteiger partial charge on any atom is 0.336 e. The van der Waals surface area contributed by atoms with Crippen molar-refractivity contribution in [2.45, 2.75) is 33.6 Å². The summed E-state index contributed by atoms with van der Waals surface area (Å²) in [5, 5.41) is 0. The van der Waals surface area contributed by atoms with Gasteiger partial charge in [-0.2, -0.15) is 0 Å². The standard InChI is InChI=1S/C26H30N2O6S/c1-6-33-25(29)22-16(3)27-17(4)23(26(30)34-7-2)24(22)21-11-9-8-10-20(21)18-12-14-19(15-13-18)28-35(5,31)32/h8-15,22,24,28H,6-7H2,1-5H3. The molecule has 0 radical (unpaired) electrons. The lowest BCUT2D eigenvalue weighted by molar-refractivity contribution is -0.146. The second-order valence-electron chi connectivity index (χ2n) is 8.22. The smallest absolute Gasteiger partial charge is 0.336 e. The summed E-state index contributed by atoms with van der Waals surface area (Å²) in [5.74, 6) is -2.46. The molecule has 0 bridgehead atoms. The number of rotatable bonds is 8. The number of nitrogens with one attached hydrogen (secondary N) is 1. The molecule has 0 fully saturated rings. The monoisotopic (exact) mass is 498 g/mol. The van der Waals surface area contributed by atoms with Gasteiger partial charge < -0.3 is 9.47 Å². The summed E-state index contributed by atoms with van der Waals surface area (Å²) < 4.78 is 36.3. The van der Waals surface area contributed by atoms with Gasteiger partial charge in [-0.3, -0.25) is 14.5 Å². The summed E-state index contributed by atoms with van der Waals surface area (Å²) in [6, 6.07) is 14.4. The largest absolute Gasteiger partial charge is 0.465 e. The van der Waals surface area contributed by atoms with Crippen LogP contribution in [0, 0.1) is 5.92 Å². The van der Waals surface area contributed by atoms with E-state index in [1.54, 1.807) is 52.0 Å². The van der Waals surface area contributed by atoms with E-state index in [0.717, 1.165) is 22.9 Å². The van der Waals surface area contributed by atoms with Gasteiger partial charge in [-0.25, -0.2) is 13.2 Å². The Morgan fingerprint density at radius 3 is 2.20 bits per heavy atom. The lowest BCUT2D eigenvalue weighted by Gasteiger charge is -2.32. The third kappa shape index (κ3) is 5.97. The summed E-state index contributed by atoms with van der Waals surface area (Å²) in [4.78, 5) is 30.7. The SMILES string of the molecule is CCOC(=O)C1=C(C)N=C(C)C(C(=O)OCC)C1c1ccccc1-c1ccc(NS(C)(=O)=O)cc1. The molecule has 2 aromatic rings. The van der Waals surface area contributed by atoms with E-state index in [1.807, 2.05) is 24.3 Å². The number of allylic oxidation sites excluding steroid dienone is 1. The van der Waals surface area contributed by atoms with E-state index in [4.69, 9.17) is 9.47 Å². The van der Waals surface area contributed by atoms with Crippen molar-refractivity contribution in [3.8, 4) is 11.1 Å². The highest BCUT2D eigenvalue weighted by Gasteiger charge is 2.43. The number of aliphatic imine (C=N–C) groups is 1. The minimum Gasteiger partial charge on any atom is -0.465 e. The fourth-order valence-electron chi connectivity index (χ4n) is 4.35. The Labute approximate surface area is 206 Å². The van der Waals surface area contributed by atoms with Crippen molar-refractivity contribution in [1.29, 1.82) is 0 Å². The van der Waals surface area contributed by atoms with Crippen molar-refractivity contribution in [2.75, 3.05) is 24.2 Å². The Balaban J connectivity index is 2.18. The van der Waals surface area contributed by atoms with Crippen LogP contribution in [0.15, 0.2) is 64.8 Å². The van der Waals surface area contributed by atoms with Crippen LogP contribution in [0.2, 0.25) is 0 Å². The van der Waals surface area contributed by atoms with E-state index in [2.05, 4.69) is 9.71 Å². The van der Waals surface area contributed by atoms with E-state index in [-0.39, 0.29) is 13.2 Å². The van der Waals surface area contributed by atoms with Crippen molar-refractivity contribution in [1.82, 2.24) is 0 Å². The predicted molar refractivity (Wildman–Crippen MR) is 136 cm³/mol. The van der Waals surface area contributed by atoms with Crippen LogP contribution in [0.5, 0.6) is 0 Å². The van der Waals surface area contributed by atoms with Crippen LogP contribution in [0.4, 0.5) is 5.69 Å². The van der Waals surface area contributed by atoms with Gasteiger partial charge in [0.05, 0.1) is 25.0 Å². The van der Waals surface area contributed by atoms with Gasteiger partial charge in [-0.15, -0.1) is 0 Å². The zero-order valence-electron chi connectivity index (χ0n) is 20.5. The molecular formula is C26H30N2O6S.